The van der Waals surface area contributed by atoms with Crippen LogP contribution in [0, 0.1) is 23.2 Å². The van der Waals surface area contributed by atoms with Crippen molar-refractivity contribution in [3.63, 3.8) is 0 Å². The number of alkyl carbamates (subject to hydrolysis) is 2. The minimum atomic E-state index is -3.29. The van der Waals surface area contributed by atoms with Crippen molar-refractivity contribution in [2.24, 2.45) is 23.2 Å². The Hall–Kier alpha value is -6.32. The summed E-state index contributed by atoms with van der Waals surface area (Å²) in [5, 5.41) is 5.43. The first-order valence-corrected chi connectivity index (χ1v) is 22.6. The average Bonchev–Trinajstić information content (AvgIpc) is 3.95. The van der Waals surface area contributed by atoms with E-state index in [2.05, 4.69) is 20.6 Å². The fraction of sp³-hybridized carbons (Fsp3) is 0.469. The van der Waals surface area contributed by atoms with E-state index in [1.54, 1.807) is 29.3 Å². The van der Waals surface area contributed by atoms with Gasteiger partial charge in [-0.15, -0.1) is 0 Å². The summed E-state index contributed by atoms with van der Waals surface area (Å²) in [7, 11) is 2.54. The maximum Gasteiger partial charge on any atom is 0.407 e. The number of carbonyl (C=O) groups excluding carboxylic acids is 4. The first-order chi connectivity index (χ1) is 31.1. The monoisotopic (exact) mass is 888 g/mol. The van der Waals surface area contributed by atoms with Crippen LogP contribution in [-0.4, -0.2) is 92.6 Å². The lowest BCUT2D eigenvalue weighted by molar-refractivity contribution is -0.139. The molecule has 2 saturated carbocycles. The van der Waals surface area contributed by atoms with Crippen molar-refractivity contribution in [3.8, 4) is 33.5 Å². The Balaban J connectivity index is 0.896. The molecule has 3 aromatic carbocycles. The van der Waals surface area contributed by atoms with Gasteiger partial charge in [0.1, 0.15) is 23.7 Å². The van der Waals surface area contributed by atoms with Crippen molar-refractivity contribution in [1.29, 1.82) is 0 Å². The van der Waals surface area contributed by atoms with Gasteiger partial charge >= 0.3 is 12.2 Å². The predicted octanol–water partition coefficient (Wildman–Crippen LogP) is 8.61. The second kappa shape index (κ2) is 15.7. The molecule has 2 aliphatic heterocycles. The molecule has 340 valence electrons. The van der Waals surface area contributed by atoms with Crippen molar-refractivity contribution in [3.05, 3.63) is 83.6 Å². The third-order valence-electron chi connectivity index (χ3n) is 14.7. The second-order valence-electron chi connectivity index (χ2n) is 19.4. The van der Waals surface area contributed by atoms with E-state index in [4.69, 9.17) is 19.4 Å². The zero-order valence-corrected chi connectivity index (χ0v) is 37.3. The van der Waals surface area contributed by atoms with Gasteiger partial charge in [0.2, 0.25) is 11.8 Å². The third-order valence-corrected chi connectivity index (χ3v) is 14.7. The number of carbonyl (C=O) groups is 4. The number of hydrogen-bond donors (Lipinski definition) is 4. The SMILES string of the molecule is COC(=O)N[C@H](C(=O)N1[C@@H]2CC[C@@H](C2)[C@H]1c1nc2ccc(-c3ccc4c(c3)C(F)(F)c3cc(-c5cnc([C@@H]6CC7(CC7)CN6C(=O)[C@H](NC(=O)OC)C(C)C)[nH]5)ccc3-4)cc2[nH]1)C(C)C. The highest BCUT2D eigenvalue weighted by Gasteiger charge is 2.56. The molecule has 4 heterocycles. The molecule has 16 heteroatoms. The van der Waals surface area contributed by atoms with Gasteiger partial charge in [0, 0.05) is 29.3 Å². The lowest BCUT2D eigenvalue weighted by atomic mass is 9.95. The summed E-state index contributed by atoms with van der Waals surface area (Å²) in [4.78, 5) is 72.6. The molecular weight excluding hydrogens is 835 g/mol. The van der Waals surface area contributed by atoms with Crippen LogP contribution in [0.15, 0.2) is 60.8 Å². The molecule has 4 amide bonds. The highest BCUT2D eigenvalue weighted by atomic mass is 19.3. The number of methoxy groups -OCH3 is 2. The van der Waals surface area contributed by atoms with Crippen molar-refractivity contribution in [2.45, 2.75) is 102 Å². The van der Waals surface area contributed by atoms with E-state index in [1.807, 2.05) is 62.9 Å². The number of piperidine rings is 1. The van der Waals surface area contributed by atoms with Gasteiger partial charge in [-0.2, -0.15) is 8.78 Å². The molecule has 65 heavy (non-hydrogen) atoms. The smallest absolute Gasteiger partial charge is 0.407 e. The Morgan fingerprint density at radius 1 is 0.785 bits per heavy atom. The number of nitrogens with one attached hydrogen (secondary N) is 4. The first-order valence-electron chi connectivity index (χ1n) is 22.6. The highest BCUT2D eigenvalue weighted by Crippen LogP contribution is 2.59. The minimum Gasteiger partial charge on any atom is -0.453 e. The Bertz CT molecular complexity index is 2740. The molecule has 0 radical (unpaired) electrons. The van der Waals surface area contributed by atoms with E-state index in [0.717, 1.165) is 49.6 Å². The molecule has 5 aromatic rings. The zero-order chi connectivity index (χ0) is 45.7. The Labute approximate surface area is 375 Å². The van der Waals surface area contributed by atoms with Gasteiger partial charge in [-0.05, 0) is 108 Å². The quantitative estimate of drug-likeness (QED) is 0.108. The van der Waals surface area contributed by atoms with Gasteiger partial charge in [-0.3, -0.25) is 9.59 Å². The molecule has 2 bridgehead atoms. The fourth-order valence-electron chi connectivity index (χ4n) is 11.0. The molecule has 3 aliphatic carbocycles. The van der Waals surface area contributed by atoms with E-state index >= 15 is 8.78 Å². The number of fused-ring (bicyclic) bond motifs is 6. The molecule has 4 N–H and O–H groups in total. The van der Waals surface area contributed by atoms with Crippen LogP contribution >= 0.6 is 0 Å². The maximum atomic E-state index is 16.7. The van der Waals surface area contributed by atoms with E-state index in [0.29, 0.717) is 51.7 Å². The number of likely N-dealkylation sites (tertiary alicyclic amines) is 2. The molecule has 2 saturated heterocycles. The van der Waals surface area contributed by atoms with Crippen LogP contribution < -0.4 is 10.6 Å². The fourth-order valence-corrected chi connectivity index (χ4v) is 11.0. The number of H-pyrrole nitrogens is 2. The molecule has 2 aromatic heterocycles. The number of nitrogens with zero attached hydrogens (tertiary/aromatic N) is 4. The van der Waals surface area contributed by atoms with E-state index in [9.17, 15) is 19.2 Å². The summed E-state index contributed by atoms with van der Waals surface area (Å²) in [6.07, 6.45) is 5.75. The van der Waals surface area contributed by atoms with Crippen LogP contribution in [0.25, 0.3) is 44.5 Å². The summed E-state index contributed by atoms with van der Waals surface area (Å²) in [6, 6.07) is 13.8. The van der Waals surface area contributed by atoms with Gasteiger partial charge < -0.3 is 39.9 Å². The minimum absolute atomic E-state index is 0.0102. The van der Waals surface area contributed by atoms with Crippen molar-refractivity contribution < 1.29 is 37.4 Å². The lowest BCUT2D eigenvalue weighted by Crippen LogP contribution is -2.54. The van der Waals surface area contributed by atoms with Crippen LogP contribution in [0.2, 0.25) is 0 Å². The van der Waals surface area contributed by atoms with Gasteiger partial charge in [0.15, 0.2) is 0 Å². The van der Waals surface area contributed by atoms with Crippen LogP contribution in [0.3, 0.4) is 0 Å². The van der Waals surface area contributed by atoms with Crippen LogP contribution in [-0.2, 0) is 25.0 Å². The number of aromatic amines is 2. The number of ether oxygens (including phenoxy) is 2. The van der Waals surface area contributed by atoms with E-state index < -0.39 is 30.2 Å². The number of aromatic nitrogens is 4. The number of amides is 4. The maximum absolute atomic E-state index is 16.7. The molecule has 6 atom stereocenters. The summed E-state index contributed by atoms with van der Waals surface area (Å²) in [5.74, 6) is -2.53. The molecule has 4 fully saturated rings. The third kappa shape index (κ3) is 7.19. The second-order valence-corrected chi connectivity index (χ2v) is 19.4. The zero-order valence-electron chi connectivity index (χ0n) is 37.3. The Kier molecular flexibility index (Phi) is 10.3. The summed E-state index contributed by atoms with van der Waals surface area (Å²) < 4.78 is 43.0. The summed E-state index contributed by atoms with van der Waals surface area (Å²) >= 11 is 0. The molecule has 5 aliphatic rings. The number of halogens is 2. The van der Waals surface area contributed by atoms with Crippen LogP contribution in [0.5, 0.6) is 0 Å². The van der Waals surface area contributed by atoms with E-state index in [-0.39, 0.29) is 64.2 Å². The average molecular weight is 889 g/mol. The normalized spacial score (nSPS) is 22.9. The van der Waals surface area contributed by atoms with Crippen molar-refractivity contribution >= 4 is 35.0 Å². The number of hydrogen-bond acceptors (Lipinski definition) is 8. The van der Waals surface area contributed by atoms with Crippen molar-refractivity contribution in [1.82, 2.24) is 40.4 Å². The lowest BCUT2D eigenvalue weighted by Gasteiger charge is -2.37. The number of imidazole rings is 2. The highest BCUT2D eigenvalue weighted by molar-refractivity contribution is 5.89. The standard InChI is InChI=1S/C49H54F2N8O6/c1-24(2)39(56-46(62)64-5)44(60)58-23-48(15-16-48)21-38(58)42-52-22-37(55-42)28-9-13-32-31-12-8-26(18-33(31)49(50,51)34(32)19-28)27-10-14-35-36(20-27)54-43(53-35)41-29-7-11-30(17-29)59(41)45(61)40(25(3)4)57-47(63)65-6/h8-10,12-14,18-20,22,24-25,29-30,38-41H,7,11,15-17,21,23H2,1-6H3,(H,52,55)(H,53,54)(H,56,62)(H,57,63)/t29-,30+,38-,39+,40-,41-/m0/s1. The van der Waals surface area contributed by atoms with Gasteiger partial charge in [0.25, 0.3) is 5.92 Å². The van der Waals surface area contributed by atoms with Crippen LogP contribution in [0.4, 0.5) is 18.4 Å². The van der Waals surface area contributed by atoms with Gasteiger partial charge in [-0.1, -0.05) is 58.0 Å². The van der Waals surface area contributed by atoms with Crippen LogP contribution in [0.1, 0.15) is 101 Å². The summed E-state index contributed by atoms with van der Waals surface area (Å²) in [5.41, 5.74) is 4.68. The molecule has 1 spiro atoms. The van der Waals surface area contributed by atoms with Gasteiger partial charge in [-0.25, -0.2) is 19.6 Å². The Morgan fingerprint density at radius 3 is 2.05 bits per heavy atom. The molecule has 10 rings (SSSR count). The largest absolute Gasteiger partial charge is 0.453 e. The first kappa shape index (κ1) is 42.6. The summed E-state index contributed by atoms with van der Waals surface area (Å²) in [6.45, 7) is 8.09. The number of benzene rings is 3. The van der Waals surface area contributed by atoms with E-state index in [1.165, 1.54) is 20.3 Å². The number of alkyl halides is 2. The number of rotatable bonds is 10. The molecular formula is C49H54F2N8O6. The van der Waals surface area contributed by atoms with Gasteiger partial charge in [0.05, 0.1) is 49.2 Å². The van der Waals surface area contributed by atoms with Crippen molar-refractivity contribution in [2.75, 3.05) is 20.8 Å². The molecule has 14 nitrogen and oxygen atoms in total. The Morgan fingerprint density at radius 2 is 1.40 bits per heavy atom. The topological polar surface area (TPSA) is 175 Å². The molecule has 0 unspecified atom stereocenters. The predicted molar refractivity (Wildman–Crippen MR) is 237 cm³/mol.